The minimum absolute atomic E-state index is 0.0322. The van der Waals surface area contributed by atoms with Gasteiger partial charge in [0.1, 0.15) is 5.82 Å². The fraction of sp³-hybridized carbons (Fsp3) is 0.643. The van der Waals surface area contributed by atoms with Gasteiger partial charge in [0.2, 0.25) is 5.91 Å². The number of hydrogen-bond acceptors (Lipinski definition) is 3. The molecular weight excluding hydrogens is 258 g/mol. The number of amides is 1. The van der Waals surface area contributed by atoms with Crippen molar-refractivity contribution in [1.29, 1.82) is 0 Å². The predicted molar refractivity (Wildman–Crippen MR) is 74.4 cm³/mol. The van der Waals surface area contributed by atoms with Crippen molar-refractivity contribution in [2.24, 2.45) is 5.41 Å². The normalized spacial score (nSPS) is 17.6. The van der Waals surface area contributed by atoms with E-state index in [1.807, 2.05) is 6.92 Å². The van der Waals surface area contributed by atoms with Crippen molar-refractivity contribution in [2.75, 3.05) is 5.32 Å². The topological polar surface area (TPSA) is 95.1 Å². The molecule has 6 heteroatoms. The molecule has 0 bridgehead atoms. The summed E-state index contributed by atoms with van der Waals surface area (Å²) in [6.45, 7) is 1.97. The molecule has 0 spiro atoms. The maximum absolute atomic E-state index is 12.1. The Labute approximate surface area is 118 Å². The summed E-state index contributed by atoms with van der Waals surface area (Å²) in [5.74, 6) is -0.533. The van der Waals surface area contributed by atoms with Crippen molar-refractivity contribution < 1.29 is 14.7 Å². The number of aliphatic carboxylic acids is 1. The van der Waals surface area contributed by atoms with Crippen molar-refractivity contribution >= 4 is 17.7 Å². The molecule has 0 atom stereocenters. The van der Waals surface area contributed by atoms with Crippen LogP contribution in [0.2, 0.25) is 0 Å². The first-order valence-electron chi connectivity index (χ1n) is 7.13. The Morgan fingerprint density at radius 2 is 2.10 bits per heavy atom. The SMILES string of the molecule is CCc1cn[nH]c1NC(=O)CC1(C(=O)O)CCCCC1. The fourth-order valence-electron chi connectivity index (χ4n) is 2.87. The summed E-state index contributed by atoms with van der Waals surface area (Å²) in [4.78, 5) is 23.7. The van der Waals surface area contributed by atoms with E-state index in [4.69, 9.17) is 0 Å². The molecule has 0 radical (unpaired) electrons. The molecule has 110 valence electrons. The number of rotatable bonds is 5. The minimum atomic E-state index is -0.894. The van der Waals surface area contributed by atoms with E-state index in [1.165, 1.54) is 0 Å². The number of anilines is 1. The summed E-state index contributed by atoms with van der Waals surface area (Å²) >= 11 is 0. The molecule has 0 aliphatic heterocycles. The number of aromatic nitrogens is 2. The molecule has 20 heavy (non-hydrogen) atoms. The Balaban J connectivity index is 2.04. The van der Waals surface area contributed by atoms with E-state index >= 15 is 0 Å². The zero-order valence-corrected chi connectivity index (χ0v) is 11.7. The lowest BCUT2D eigenvalue weighted by Gasteiger charge is -2.32. The first-order chi connectivity index (χ1) is 9.57. The van der Waals surface area contributed by atoms with E-state index < -0.39 is 11.4 Å². The Morgan fingerprint density at radius 3 is 2.70 bits per heavy atom. The van der Waals surface area contributed by atoms with E-state index in [1.54, 1.807) is 6.20 Å². The number of H-pyrrole nitrogens is 1. The fourth-order valence-corrected chi connectivity index (χ4v) is 2.87. The summed E-state index contributed by atoms with van der Waals surface area (Å²) < 4.78 is 0. The second kappa shape index (κ2) is 6.07. The smallest absolute Gasteiger partial charge is 0.310 e. The quantitative estimate of drug-likeness (QED) is 0.771. The maximum Gasteiger partial charge on any atom is 0.310 e. The van der Waals surface area contributed by atoms with Gasteiger partial charge in [-0.15, -0.1) is 0 Å². The number of aromatic amines is 1. The van der Waals surface area contributed by atoms with Crippen LogP contribution in [0, 0.1) is 5.41 Å². The van der Waals surface area contributed by atoms with Gasteiger partial charge in [-0.1, -0.05) is 26.2 Å². The van der Waals surface area contributed by atoms with E-state index in [2.05, 4.69) is 15.5 Å². The Kier molecular flexibility index (Phi) is 4.42. The second-order valence-corrected chi connectivity index (χ2v) is 5.49. The number of nitrogens with zero attached hydrogens (tertiary/aromatic N) is 1. The van der Waals surface area contributed by atoms with Gasteiger partial charge in [-0.25, -0.2) is 0 Å². The molecule has 1 aromatic heterocycles. The van der Waals surface area contributed by atoms with Crippen LogP contribution < -0.4 is 5.32 Å². The van der Waals surface area contributed by atoms with Crippen LogP contribution in [-0.4, -0.2) is 27.2 Å². The van der Waals surface area contributed by atoms with Crippen LogP contribution in [0.25, 0.3) is 0 Å². The second-order valence-electron chi connectivity index (χ2n) is 5.49. The monoisotopic (exact) mass is 279 g/mol. The lowest BCUT2D eigenvalue weighted by Crippen LogP contribution is -2.37. The van der Waals surface area contributed by atoms with Crippen molar-refractivity contribution in [3.63, 3.8) is 0 Å². The van der Waals surface area contributed by atoms with Gasteiger partial charge < -0.3 is 10.4 Å². The molecule has 1 heterocycles. The number of carbonyl (C=O) groups is 2. The van der Waals surface area contributed by atoms with Crippen molar-refractivity contribution in [3.8, 4) is 0 Å². The number of carbonyl (C=O) groups excluding carboxylic acids is 1. The molecule has 0 unspecified atom stereocenters. The van der Waals surface area contributed by atoms with Crippen LogP contribution in [0.4, 0.5) is 5.82 Å². The highest BCUT2D eigenvalue weighted by atomic mass is 16.4. The number of hydrogen-bond donors (Lipinski definition) is 3. The average Bonchev–Trinajstić information content (AvgIpc) is 2.86. The van der Waals surface area contributed by atoms with Gasteiger partial charge in [0.25, 0.3) is 0 Å². The summed E-state index contributed by atoms with van der Waals surface area (Å²) in [5, 5.41) is 18.8. The highest BCUT2D eigenvalue weighted by molar-refractivity contribution is 5.94. The van der Waals surface area contributed by atoms with Gasteiger partial charge in [-0.2, -0.15) is 5.10 Å². The van der Waals surface area contributed by atoms with Crippen molar-refractivity contribution in [2.45, 2.75) is 51.9 Å². The van der Waals surface area contributed by atoms with Gasteiger partial charge in [0.15, 0.2) is 0 Å². The summed E-state index contributed by atoms with van der Waals surface area (Å²) in [5.41, 5.74) is 0.0284. The molecule has 1 saturated carbocycles. The highest BCUT2D eigenvalue weighted by Crippen LogP contribution is 2.39. The van der Waals surface area contributed by atoms with Crippen LogP contribution in [0.15, 0.2) is 6.20 Å². The number of carboxylic acids is 1. The maximum atomic E-state index is 12.1. The third-order valence-corrected chi connectivity index (χ3v) is 4.13. The number of aryl methyl sites for hydroxylation is 1. The Bertz CT molecular complexity index is 490. The molecule has 6 nitrogen and oxygen atoms in total. The molecule has 3 N–H and O–H groups in total. The zero-order chi connectivity index (χ0) is 14.6. The summed E-state index contributed by atoms with van der Waals surface area (Å²) in [7, 11) is 0. The molecule has 2 rings (SSSR count). The molecule has 1 aliphatic rings. The first-order valence-corrected chi connectivity index (χ1v) is 7.13. The molecule has 0 saturated heterocycles. The Morgan fingerprint density at radius 1 is 1.40 bits per heavy atom. The van der Waals surface area contributed by atoms with Gasteiger partial charge in [-0.05, 0) is 19.3 Å². The molecular formula is C14H21N3O3. The summed E-state index contributed by atoms with van der Waals surface area (Å²) in [6.07, 6.45) is 6.44. The summed E-state index contributed by atoms with van der Waals surface area (Å²) in [6, 6.07) is 0. The number of nitrogens with one attached hydrogen (secondary N) is 2. The van der Waals surface area contributed by atoms with Crippen molar-refractivity contribution in [3.05, 3.63) is 11.8 Å². The largest absolute Gasteiger partial charge is 0.481 e. The Hall–Kier alpha value is -1.85. The lowest BCUT2D eigenvalue weighted by atomic mass is 9.71. The predicted octanol–water partition coefficient (Wildman–Crippen LogP) is 2.34. The van der Waals surface area contributed by atoms with Crippen LogP contribution in [0.1, 0.15) is 51.0 Å². The van der Waals surface area contributed by atoms with Crippen LogP contribution in [-0.2, 0) is 16.0 Å². The van der Waals surface area contributed by atoms with E-state index in [-0.39, 0.29) is 12.3 Å². The average molecular weight is 279 g/mol. The first kappa shape index (κ1) is 14.6. The van der Waals surface area contributed by atoms with Gasteiger partial charge >= 0.3 is 5.97 Å². The van der Waals surface area contributed by atoms with Crippen LogP contribution in [0.3, 0.4) is 0 Å². The third-order valence-electron chi connectivity index (χ3n) is 4.13. The molecule has 0 aromatic carbocycles. The molecule has 1 aliphatic carbocycles. The third kappa shape index (κ3) is 3.00. The van der Waals surface area contributed by atoms with Crippen LogP contribution >= 0.6 is 0 Å². The van der Waals surface area contributed by atoms with E-state index in [0.717, 1.165) is 31.2 Å². The van der Waals surface area contributed by atoms with Gasteiger partial charge in [0, 0.05) is 12.0 Å². The standard InChI is InChI=1S/C14H21N3O3/c1-2-10-9-15-17-12(10)16-11(18)8-14(13(19)20)6-4-3-5-7-14/h9H,2-8H2,1H3,(H,19,20)(H2,15,16,17,18). The molecule has 1 aromatic rings. The van der Waals surface area contributed by atoms with Gasteiger partial charge in [0.05, 0.1) is 11.6 Å². The minimum Gasteiger partial charge on any atom is -0.481 e. The van der Waals surface area contributed by atoms with E-state index in [9.17, 15) is 14.7 Å². The van der Waals surface area contributed by atoms with E-state index in [0.29, 0.717) is 18.7 Å². The lowest BCUT2D eigenvalue weighted by molar-refractivity contribution is -0.153. The zero-order valence-electron chi connectivity index (χ0n) is 11.7. The molecule has 1 fully saturated rings. The van der Waals surface area contributed by atoms with Crippen molar-refractivity contribution in [1.82, 2.24) is 10.2 Å². The van der Waals surface area contributed by atoms with Crippen LogP contribution in [0.5, 0.6) is 0 Å². The molecule has 1 amide bonds. The van der Waals surface area contributed by atoms with Gasteiger partial charge in [-0.3, -0.25) is 14.7 Å². The highest BCUT2D eigenvalue weighted by Gasteiger charge is 2.41. The number of carboxylic acid groups (broad SMARTS) is 1.